The van der Waals surface area contributed by atoms with Gasteiger partial charge in [0.2, 0.25) is 5.75 Å². The summed E-state index contributed by atoms with van der Waals surface area (Å²) in [6, 6.07) is 1.88. The first-order valence-corrected chi connectivity index (χ1v) is 8.81. The molecule has 1 aliphatic rings. The second kappa shape index (κ2) is 9.67. The summed E-state index contributed by atoms with van der Waals surface area (Å²) in [6.45, 7) is 3.12. The third-order valence-corrected chi connectivity index (χ3v) is 4.14. The van der Waals surface area contributed by atoms with Crippen LogP contribution in [-0.4, -0.2) is 58.6 Å². The number of methoxy groups -OCH3 is 3. The lowest BCUT2D eigenvalue weighted by atomic mass is 10.0. The second-order valence-electron chi connectivity index (χ2n) is 5.89. The Morgan fingerprint density at radius 1 is 1.00 bits per heavy atom. The van der Waals surface area contributed by atoms with E-state index in [1.54, 1.807) is 13.8 Å². The smallest absolute Gasteiger partial charge is 0.342 e. The molecule has 0 fully saturated rings. The van der Waals surface area contributed by atoms with Crippen molar-refractivity contribution in [1.82, 2.24) is 10.6 Å². The average molecular weight is 408 g/mol. The largest absolute Gasteiger partial charge is 0.493 e. The summed E-state index contributed by atoms with van der Waals surface area (Å²) in [5, 5.41) is 5.05. The van der Waals surface area contributed by atoms with Gasteiger partial charge in [-0.25, -0.2) is 14.4 Å². The third-order valence-electron chi connectivity index (χ3n) is 4.14. The number of carbonyl (C=O) groups excluding carboxylic acids is 3. The Morgan fingerprint density at radius 2 is 1.69 bits per heavy atom. The zero-order valence-corrected chi connectivity index (χ0v) is 16.9. The van der Waals surface area contributed by atoms with Gasteiger partial charge in [0.1, 0.15) is 12.2 Å². The van der Waals surface area contributed by atoms with Crippen molar-refractivity contribution in [3.8, 4) is 17.2 Å². The van der Waals surface area contributed by atoms with Crippen molar-refractivity contribution in [3.63, 3.8) is 0 Å². The molecular formula is C19H24N2O8. The van der Waals surface area contributed by atoms with Crippen LogP contribution in [0.3, 0.4) is 0 Å². The number of amides is 2. The normalized spacial score (nSPS) is 15.8. The van der Waals surface area contributed by atoms with Crippen molar-refractivity contribution in [1.29, 1.82) is 0 Å². The van der Waals surface area contributed by atoms with Crippen LogP contribution in [0.5, 0.6) is 17.2 Å². The molecular weight excluding hydrogens is 384 g/mol. The number of ether oxygens (including phenoxy) is 5. The van der Waals surface area contributed by atoms with E-state index in [2.05, 4.69) is 10.6 Å². The number of benzene rings is 1. The molecule has 1 atom stereocenters. The fourth-order valence-corrected chi connectivity index (χ4v) is 2.87. The van der Waals surface area contributed by atoms with E-state index in [1.807, 2.05) is 0 Å². The van der Waals surface area contributed by atoms with Gasteiger partial charge in [0, 0.05) is 0 Å². The van der Waals surface area contributed by atoms with Crippen LogP contribution in [0.2, 0.25) is 0 Å². The molecule has 1 heterocycles. The summed E-state index contributed by atoms with van der Waals surface area (Å²) < 4.78 is 26.1. The number of hydrogen-bond acceptors (Lipinski definition) is 8. The van der Waals surface area contributed by atoms with Crippen LogP contribution in [-0.2, 0) is 14.3 Å². The maximum Gasteiger partial charge on any atom is 0.342 e. The number of nitrogens with one attached hydrogen (secondary N) is 2. The van der Waals surface area contributed by atoms with Gasteiger partial charge >= 0.3 is 18.0 Å². The molecule has 0 saturated heterocycles. The van der Waals surface area contributed by atoms with E-state index >= 15 is 0 Å². The molecule has 10 heteroatoms. The minimum atomic E-state index is -0.737. The first kappa shape index (κ1) is 21.9. The van der Waals surface area contributed by atoms with Gasteiger partial charge in [-0.3, -0.25) is 0 Å². The fourth-order valence-electron chi connectivity index (χ4n) is 2.87. The molecule has 0 radical (unpaired) electrons. The molecule has 1 aliphatic heterocycles. The third kappa shape index (κ3) is 4.71. The lowest BCUT2D eigenvalue weighted by molar-refractivity contribution is -0.139. The van der Waals surface area contributed by atoms with Gasteiger partial charge in [-0.05, 0) is 26.0 Å². The SMILES string of the molecule is CCOC(=O)C1=C(COC(=O)c2ccc(OC)c(OC)c2OC)NC(=O)N[C@@H]1C. The second-order valence-corrected chi connectivity index (χ2v) is 5.89. The summed E-state index contributed by atoms with van der Waals surface area (Å²) in [7, 11) is 4.25. The average Bonchev–Trinajstić information content (AvgIpc) is 2.70. The highest BCUT2D eigenvalue weighted by molar-refractivity contribution is 5.96. The number of urea groups is 1. The van der Waals surface area contributed by atoms with Crippen molar-refractivity contribution >= 4 is 18.0 Å². The van der Waals surface area contributed by atoms with Gasteiger partial charge in [-0.1, -0.05) is 0 Å². The number of rotatable bonds is 8. The van der Waals surface area contributed by atoms with E-state index in [1.165, 1.54) is 33.5 Å². The zero-order chi connectivity index (χ0) is 21.6. The van der Waals surface area contributed by atoms with Crippen molar-refractivity contribution < 1.29 is 38.1 Å². The van der Waals surface area contributed by atoms with E-state index < -0.39 is 24.0 Å². The number of carbonyl (C=O) groups is 3. The molecule has 29 heavy (non-hydrogen) atoms. The van der Waals surface area contributed by atoms with E-state index in [-0.39, 0.29) is 41.5 Å². The summed E-state index contributed by atoms with van der Waals surface area (Å²) >= 11 is 0. The van der Waals surface area contributed by atoms with Gasteiger partial charge in [-0.2, -0.15) is 0 Å². The molecule has 0 aromatic heterocycles. The number of hydrogen-bond donors (Lipinski definition) is 2. The van der Waals surface area contributed by atoms with Crippen LogP contribution in [0.25, 0.3) is 0 Å². The molecule has 0 bridgehead atoms. The standard InChI is InChI=1S/C19H24N2O8/c1-6-28-18(23)14-10(2)20-19(24)21-12(14)9-29-17(22)11-7-8-13(25-3)16(27-5)15(11)26-4/h7-8,10H,6,9H2,1-5H3,(H2,20,21,24)/t10-/m1/s1. The molecule has 2 N–H and O–H groups in total. The van der Waals surface area contributed by atoms with Crippen LogP contribution >= 0.6 is 0 Å². The summed E-state index contributed by atoms with van der Waals surface area (Å²) in [5.41, 5.74) is 0.419. The monoisotopic (exact) mass is 408 g/mol. The molecule has 2 amide bonds. The zero-order valence-electron chi connectivity index (χ0n) is 16.9. The Labute approximate surface area is 168 Å². The molecule has 1 aromatic rings. The minimum Gasteiger partial charge on any atom is -0.493 e. The summed E-state index contributed by atoms with van der Waals surface area (Å²) in [4.78, 5) is 36.6. The predicted molar refractivity (Wildman–Crippen MR) is 101 cm³/mol. The maximum absolute atomic E-state index is 12.6. The predicted octanol–water partition coefficient (Wildman–Crippen LogP) is 1.39. The molecule has 0 saturated carbocycles. The van der Waals surface area contributed by atoms with Crippen LogP contribution in [0.1, 0.15) is 24.2 Å². The van der Waals surface area contributed by atoms with Crippen LogP contribution in [0.15, 0.2) is 23.4 Å². The van der Waals surface area contributed by atoms with Gasteiger partial charge in [0.15, 0.2) is 11.5 Å². The molecule has 2 rings (SSSR count). The van der Waals surface area contributed by atoms with E-state index in [4.69, 9.17) is 23.7 Å². The van der Waals surface area contributed by atoms with E-state index in [9.17, 15) is 14.4 Å². The quantitative estimate of drug-likeness (QED) is 0.619. The van der Waals surface area contributed by atoms with Crippen LogP contribution < -0.4 is 24.8 Å². The topological polar surface area (TPSA) is 121 Å². The van der Waals surface area contributed by atoms with Crippen molar-refractivity contribution in [2.24, 2.45) is 0 Å². The van der Waals surface area contributed by atoms with E-state index in [0.29, 0.717) is 5.75 Å². The van der Waals surface area contributed by atoms with Crippen LogP contribution in [0.4, 0.5) is 4.79 Å². The van der Waals surface area contributed by atoms with E-state index in [0.717, 1.165) is 0 Å². The van der Waals surface area contributed by atoms with Gasteiger partial charge in [0.25, 0.3) is 0 Å². The lowest BCUT2D eigenvalue weighted by Gasteiger charge is -2.26. The number of esters is 2. The first-order valence-electron chi connectivity index (χ1n) is 8.81. The van der Waals surface area contributed by atoms with Crippen LogP contribution in [0, 0.1) is 0 Å². The minimum absolute atomic E-state index is 0.0942. The molecule has 0 aliphatic carbocycles. The van der Waals surface area contributed by atoms with Crippen molar-refractivity contribution in [2.45, 2.75) is 19.9 Å². The highest BCUT2D eigenvalue weighted by Gasteiger charge is 2.31. The Kier molecular flexibility index (Phi) is 7.29. The Balaban J connectivity index is 2.29. The highest BCUT2D eigenvalue weighted by Crippen LogP contribution is 2.40. The summed E-state index contributed by atoms with van der Waals surface area (Å²) in [5.74, 6) is -0.590. The lowest BCUT2D eigenvalue weighted by Crippen LogP contribution is -2.50. The molecule has 10 nitrogen and oxygen atoms in total. The Bertz CT molecular complexity index is 834. The van der Waals surface area contributed by atoms with Gasteiger partial charge in [0.05, 0.1) is 45.2 Å². The van der Waals surface area contributed by atoms with Crippen molar-refractivity contribution in [3.05, 3.63) is 29.0 Å². The molecule has 0 spiro atoms. The fraction of sp³-hybridized carbons (Fsp3) is 0.421. The summed E-state index contributed by atoms with van der Waals surface area (Å²) in [6.07, 6.45) is 0. The first-order chi connectivity index (χ1) is 13.9. The molecule has 1 aromatic carbocycles. The maximum atomic E-state index is 12.6. The Morgan fingerprint density at radius 3 is 2.28 bits per heavy atom. The molecule has 0 unspecified atom stereocenters. The Hall–Kier alpha value is -3.43. The highest BCUT2D eigenvalue weighted by atomic mass is 16.5. The van der Waals surface area contributed by atoms with Gasteiger partial charge < -0.3 is 34.3 Å². The van der Waals surface area contributed by atoms with Gasteiger partial charge in [-0.15, -0.1) is 0 Å². The van der Waals surface area contributed by atoms with Crippen molar-refractivity contribution in [2.75, 3.05) is 34.5 Å². The molecule has 158 valence electrons.